The van der Waals surface area contributed by atoms with Crippen LogP contribution in [-0.4, -0.2) is 27.7 Å². The highest BCUT2D eigenvalue weighted by molar-refractivity contribution is 6.53. The van der Waals surface area contributed by atoms with Crippen LogP contribution in [0.15, 0.2) is 54.6 Å². The van der Waals surface area contributed by atoms with Crippen LogP contribution in [0.3, 0.4) is 0 Å². The molecule has 2 N–H and O–H groups in total. The lowest BCUT2D eigenvalue weighted by Gasteiger charge is -2.20. The van der Waals surface area contributed by atoms with Gasteiger partial charge in [-0.2, -0.15) is 0 Å². The summed E-state index contributed by atoms with van der Waals surface area (Å²) < 4.78 is 3.95. The molecule has 0 heterocycles. The number of ketones is 1. The summed E-state index contributed by atoms with van der Waals surface area (Å²) in [6, 6.07) is 14.9. The predicted molar refractivity (Wildman–Crippen MR) is 166 cm³/mol. The maximum Gasteiger partial charge on any atom is 0.412 e. The Bertz CT molecular complexity index is 1530. The Labute approximate surface area is 263 Å². The van der Waals surface area contributed by atoms with E-state index in [2.05, 4.69) is 10.6 Å². The Morgan fingerprint density at radius 1 is 0.854 bits per heavy atom. The van der Waals surface area contributed by atoms with Crippen molar-refractivity contribution >= 4 is 87.2 Å². The fourth-order valence-corrected chi connectivity index (χ4v) is 5.83. The summed E-state index contributed by atoms with van der Waals surface area (Å²) in [6.45, 7) is 7.18. The summed E-state index contributed by atoms with van der Waals surface area (Å²) in [5, 5.41) is 6.45. The summed E-state index contributed by atoms with van der Waals surface area (Å²) >= 11 is 31.4. The Morgan fingerprint density at radius 2 is 1.49 bits per heavy atom. The second kappa shape index (κ2) is 12.0. The second-order valence-electron chi connectivity index (χ2n) is 10.9. The van der Waals surface area contributed by atoms with E-state index in [1.165, 1.54) is 6.07 Å². The van der Waals surface area contributed by atoms with E-state index in [0.29, 0.717) is 27.0 Å². The molecular weight excluding hydrogens is 630 g/mol. The average molecular weight is 657 g/mol. The Morgan fingerprint density at radius 3 is 2.12 bits per heavy atom. The minimum Gasteiger partial charge on any atom is -0.444 e. The molecule has 1 saturated carbocycles. The van der Waals surface area contributed by atoms with E-state index in [-0.39, 0.29) is 22.8 Å². The van der Waals surface area contributed by atoms with Crippen molar-refractivity contribution in [2.45, 2.75) is 50.0 Å². The SMILES string of the molecule is Cc1cc(NC(=O)OC(C)(C)C)ccc1CC(=O)c1cc(NC(=O)C2C(c3ccc(Cl)c(Cl)c3)C2(Cl)Cl)ccc1Cl. The Balaban J connectivity index is 1.44. The van der Waals surface area contributed by atoms with E-state index in [0.717, 1.165) is 11.1 Å². The highest BCUT2D eigenvalue weighted by Crippen LogP contribution is 2.65. The quantitative estimate of drug-likeness (QED) is 0.196. The molecule has 2 unspecified atom stereocenters. The molecule has 41 heavy (non-hydrogen) atoms. The minimum atomic E-state index is -1.33. The third kappa shape index (κ3) is 7.49. The van der Waals surface area contributed by atoms with E-state index in [4.69, 9.17) is 62.7 Å². The van der Waals surface area contributed by atoms with Crippen LogP contribution in [0.2, 0.25) is 15.1 Å². The molecule has 0 aromatic heterocycles. The zero-order valence-electron chi connectivity index (χ0n) is 22.6. The van der Waals surface area contributed by atoms with Crippen LogP contribution in [0, 0.1) is 12.8 Å². The molecule has 2 atom stereocenters. The van der Waals surface area contributed by atoms with Crippen LogP contribution >= 0.6 is 58.0 Å². The smallest absolute Gasteiger partial charge is 0.412 e. The molecule has 216 valence electrons. The first-order chi connectivity index (χ1) is 19.1. The Hall–Kier alpha value is -2.48. The molecule has 6 nitrogen and oxygen atoms in total. The Kier molecular flexibility index (Phi) is 9.22. The van der Waals surface area contributed by atoms with E-state index in [1.54, 1.807) is 69.3 Å². The molecule has 4 rings (SSSR count). The van der Waals surface area contributed by atoms with Crippen LogP contribution < -0.4 is 10.6 Å². The largest absolute Gasteiger partial charge is 0.444 e. The molecule has 3 aromatic rings. The zero-order valence-corrected chi connectivity index (χ0v) is 26.4. The lowest BCUT2D eigenvalue weighted by molar-refractivity contribution is -0.117. The third-order valence-corrected chi connectivity index (χ3v) is 8.52. The molecule has 0 aliphatic heterocycles. The van der Waals surface area contributed by atoms with Gasteiger partial charge in [0.25, 0.3) is 0 Å². The summed E-state index contributed by atoms with van der Waals surface area (Å²) in [5.41, 5.74) is 2.80. The first kappa shape index (κ1) is 31.5. The zero-order chi connectivity index (χ0) is 30.3. The molecule has 3 aromatic carbocycles. The number of carbonyl (C=O) groups is 3. The van der Waals surface area contributed by atoms with Crippen molar-refractivity contribution in [3.63, 3.8) is 0 Å². The van der Waals surface area contributed by atoms with Crippen LogP contribution in [0.4, 0.5) is 16.2 Å². The van der Waals surface area contributed by atoms with Crippen LogP contribution in [-0.2, 0) is 16.0 Å². The lowest BCUT2D eigenvalue weighted by Crippen LogP contribution is -2.27. The van der Waals surface area contributed by atoms with Crippen molar-refractivity contribution in [2.75, 3.05) is 10.6 Å². The van der Waals surface area contributed by atoms with Gasteiger partial charge in [-0.1, -0.05) is 46.9 Å². The molecule has 0 radical (unpaired) electrons. The number of amides is 2. The minimum absolute atomic E-state index is 0.0597. The fraction of sp³-hybridized carbons (Fsp3) is 0.300. The number of aryl methyl sites for hydroxylation is 1. The summed E-state index contributed by atoms with van der Waals surface area (Å²) in [5.74, 6) is -1.87. The first-order valence-corrected chi connectivity index (χ1v) is 14.5. The van der Waals surface area contributed by atoms with Gasteiger partial charge >= 0.3 is 6.09 Å². The fourth-order valence-electron chi connectivity index (χ4n) is 4.47. The van der Waals surface area contributed by atoms with E-state index < -0.39 is 33.8 Å². The van der Waals surface area contributed by atoms with Gasteiger partial charge in [-0.25, -0.2) is 4.79 Å². The van der Waals surface area contributed by atoms with E-state index in [1.807, 2.05) is 6.92 Å². The maximum absolute atomic E-state index is 13.2. The van der Waals surface area contributed by atoms with Crippen molar-refractivity contribution in [2.24, 2.45) is 5.92 Å². The van der Waals surface area contributed by atoms with Gasteiger partial charge in [0.15, 0.2) is 5.78 Å². The molecule has 0 bridgehead atoms. The van der Waals surface area contributed by atoms with Crippen molar-refractivity contribution in [1.82, 2.24) is 0 Å². The van der Waals surface area contributed by atoms with Gasteiger partial charge in [-0.05, 0) is 86.8 Å². The number of benzene rings is 3. The van der Waals surface area contributed by atoms with Crippen molar-refractivity contribution in [1.29, 1.82) is 0 Å². The number of hydrogen-bond donors (Lipinski definition) is 2. The monoisotopic (exact) mass is 654 g/mol. The lowest BCUT2D eigenvalue weighted by atomic mass is 9.98. The number of halogens is 5. The van der Waals surface area contributed by atoms with Gasteiger partial charge in [0.1, 0.15) is 9.93 Å². The molecular formula is C30H27Cl5N2O4. The number of carbonyl (C=O) groups excluding carboxylic acids is 3. The summed E-state index contributed by atoms with van der Waals surface area (Å²) in [7, 11) is 0. The van der Waals surface area contributed by atoms with Gasteiger partial charge in [-0.15, -0.1) is 23.2 Å². The molecule has 1 aliphatic rings. The number of alkyl halides is 2. The van der Waals surface area contributed by atoms with Gasteiger partial charge in [-0.3, -0.25) is 14.9 Å². The van der Waals surface area contributed by atoms with Crippen molar-refractivity contribution in [3.8, 4) is 0 Å². The van der Waals surface area contributed by atoms with E-state index >= 15 is 0 Å². The summed E-state index contributed by atoms with van der Waals surface area (Å²) in [6.07, 6.45) is -0.508. The number of Topliss-reactive ketones (excluding diaryl/α,β-unsaturated/α-hetero) is 1. The number of anilines is 2. The van der Waals surface area contributed by atoms with Gasteiger partial charge in [0.05, 0.1) is 21.0 Å². The van der Waals surface area contributed by atoms with Crippen LogP contribution in [0.25, 0.3) is 0 Å². The standard InChI is InChI=1S/C30H27Cl5N2O4/c1-15-11-18(37-28(40)41-29(2,3)4)7-5-16(15)13-24(38)20-14-19(8-10-21(20)31)36-27(39)26-25(30(26,34)35)17-6-9-22(32)23(33)12-17/h5-12,14,25-26H,13H2,1-4H3,(H,36,39)(H,37,40). The molecule has 1 aliphatic carbocycles. The normalized spacial score (nSPS) is 17.5. The first-order valence-electron chi connectivity index (χ1n) is 12.6. The van der Waals surface area contributed by atoms with Gasteiger partial charge in [0, 0.05) is 29.3 Å². The summed E-state index contributed by atoms with van der Waals surface area (Å²) in [4.78, 5) is 38.4. The second-order valence-corrected chi connectivity index (χ2v) is 13.5. The van der Waals surface area contributed by atoms with Gasteiger partial charge < -0.3 is 10.1 Å². The number of hydrogen-bond acceptors (Lipinski definition) is 4. The molecule has 1 fully saturated rings. The molecule has 0 spiro atoms. The molecule has 11 heteroatoms. The van der Waals surface area contributed by atoms with E-state index in [9.17, 15) is 14.4 Å². The van der Waals surface area contributed by atoms with Crippen molar-refractivity contribution in [3.05, 3.63) is 91.9 Å². The average Bonchev–Trinajstić information content (AvgIpc) is 3.44. The topological polar surface area (TPSA) is 84.5 Å². The predicted octanol–water partition coefficient (Wildman–Crippen LogP) is 9.25. The third-order valence-electron chi connectivity index (χ3n) is 6.51. The van der Waals surface area contributed by atoms with Crippen LogP contribution in [0.1, 0.15) is 53.7 Å². The highest BCUT2D eigenvalue weighted by atomic mass is 35.5. The van der Waals surface area contributed by atoms with Crippen molar-refractivity contribution < 1.29 is 19.1 Å². The molecule has 0 saturated heterocycles. The molecule has 2 amide bonds. The maximum atomic E-state index is 13.2. The number of rotatable bonds is 7. The number of nitrogens with one attached hydrogen (secondary N) is 2. The van der Waals surface area contributed by atoms with Crippen LogP contribution in [0.5, 0.6) is 0 Å². The van der Waals surface area contributed by atoms with Gasteiger partial charge in [0.2, 0.25) is 5.91 Å². The number of ether oxygens (including phenoxy) is 1. The highest BCUT2D eigenvalue weighted by Gasteiger charge is 2.67.